The lowest BCUT2D eigenvalue weighted by molar-refractivity contribution is 0.613. The normalized spacial score (nSPS) is 10.7. The monoisotopic (exact) mass is 166 g/mol. The summed E-state index contributed by atoms with van der Waals surface area (Å²) in [5.41, 5.74) is 2.01. The summed E-state index contributed by atoms with van der Waals surface area (Å²) in [6.07, 6.45) is 1.67. The van der Waals surface area contributed by atoms with Crippen molar-refractivity contribution in [3.8, 4) is 0 Å². The van der Waals surface area contributed by atoms with Crippen molar-refractivity contribution in [3.63, 3.8) is 0 Å². The van der Waals surface area contributed by atoms with Gasteiger partial charge in [0.2, 0.25) is 0 Å². The Kier molecular flexibility index (Phi) is 1.40. The van der Waals surface area contributed by atoms with E-state index in [4.69, 9.17) is 16.0 Å². The molecule has 2 aromatic rings. The van der Waals surface area contributed by atoms with Crippen molar-refractivity contribution in [2.24, 2.45) is 0 Å². The van der Waals surface area contributed by atoms with Crippen LogP contribution in [0.5, 0.6) is 0 Å². The first-order valence-corrected chi connectivity index (χ1v) is 3.78. The quantitative estimate of drug-likeness (QED) is 0.585. The van der Waals surface area contributed by atoms with E-state index in [1.165, 1.54) is 0 Å². The Morgan fingerprint density at radius 2 is 2.18 bits per heavy atom. The van der Waals surface area contributed by atoms with Crippen molar-refractivity contribution < 1.29 is 4.42 Å². The van der Waals surface area contributed by atoms with Crippen molar-refractivity contribution in [3.05, 3.63) is 35.0 Å². The van der Waals surface area contributed by atoms with E-state index in [-0.39, 0.29) is 0 Å². The van der Waals surface area contributed by atoms with Crippen molar-refractivity contribution in [2.45, 2.75) is 6.92 Å². The molecule has 0 aliphatic heterocycles. The Morgan fingerprint density at radius 3 is 3.00 bits per heavy atom. The third-order valence-corrected chi connectivity index (χ3v) is 1.92. The van der Waals surface area contributed by atoms with Gasteiger partial charge in [-0.15, -0.1) is 0 Å². The SMILES string of the molecule is Cc1cc(Cl)cc2ccoc12. The zero-order chi connectivity index (χ0) is 7.84. The second-order valence-electron chi connectivity index (χ2n) is 2.56. The second-order valence-corrected chi connectivity index (χ2v) is 3.00. The third kappa shape index (κ3) is 1.02. The van der Waals surface area contributed by atoms with Gasteiger partial charge in [-0.05, 0) is 30.7 Å². The standard InChI is InChI=1S/C9H7ClO/c1-6-4-8(10)5-7-2-3-11-9(6)7/h2-5H,1H3. The first-order valence-electron chi connectivity index (χ1n) is 3.41. The molecule has 0 aliphatic carbocycles. The van der Waals surface area contributed by atoms with Crippen molar-refractivity contribution >= 4 is 22.6 Å². The average Bonchev–Trinajstić information content (AvgIpc) is 2.34. The minimum atomic E-state index is 0.761. The maximum absolute atomic E-state index is 5.84. The topological polar surface area (TPSA) is 13.1 Å². The molecule has 0 atom stereocenters. The summed E-state index contributed by atoms with van der Waals surface area (Å²) in [7, 11) is 0. The molecular weight excluding hydrogens is 160 g/mol. The molecule has 0 N–H and O–H groups in total. The van der Waals surface area contributed by atoms with E-state index in [9.17, 15) is 0 Å². The summed E-state index contributed by atoms with van der Waals surface area (Å²) in [5.74, 6) is 0. The van der Waals surface area contributed by atoms with Crippen molar-refractivity contribution in [1.82, 2.24) is 0 Å². The van der Waals surface area contributed by atoms with Crippen LogP contribution in [0.15, 0.2) is 28.9 Å². The summed E-state index contributed by atoms with van der Waals surface area (Å²) in [4.78, 5) is 0. The van der Waals surface area contributed by atoms with E-state index < -0.39 is 0 Å². The summed E-state index contributed by atoms with van der Waals surface area (Å²) < 4.78 is 5.25. The maximum Gasteiger partial charge on any atom is 0.136 e. The molecule has 0 saturated carbocycles. The van der Waals surface area contributed by atoms with Gasteiger partial charge in [0.05, 0.1) is 6.26 Å². The summed E-state index contributed by atoms with van der Waals surface area (Å²) in [5, 5.41) is 1.83. The number of hydrogen-bond acceptors (Lipinski definition) is 1. The van der Waals surface area contributed by atoms with Gasteiger partial charge in [0, 0.05) is 10.4 Å². The van der Waals surface area contributed by atoms with Crippen LogP contribution in [0.1, 0.15) is 5.56 Å². The van der Waals surface area contributed by atoms with E-state index in [1.807, 2.05) is 25.1 Å². The van der Waals surface area contributed by atoms with E-state index >= 15 is 0 Å². The Balaban J connectivity index is 2.91. The largest absolute Gasteiger partial charge is 0.464 e. The lowest BCUT2D eigenvalue weighted by Crippen LogP contribution is -1.72. The molecule has 0 saturated heterocycles. The number of aryl methyl sites for hydroxylation is 1. The van der Waals surface area contributed by atoms with Crippen LogP contribution in [-0.4, -0.2) is 0 Å². The Morgan fingerprint density at radius 1 is 1.36 bits per heavy atom. The molecule has 2 rings (SSSR count). The molecule has 56 valence electrons. The number of fused-ring (bicyclic) bond motifs is 1. The predicted molar refractivity (Wildman–Crippen MR) is 46.0 cm³/mol. The van der Waals surface area contributed by atoms with Crippen LogP contribution in [0.25, 0.3) is 11.0 Å². The molecule has 11 heavy (non-hydrogen) atoms. The lowest BCUT2D eigenvalue weighted by Gasteiger charge is -1.94. The Hall–Kier alpha value is -0.950. The molecule has 0 amide bonds. The molecular formula is C9H7ClO. The van der Waals surface area contributed by atoms with Gasteiger partial charge in [0.25, 0.3) is 0 Å². The molecule has 2 heteroatoms. The highest BCUT2D eigenvalue weighted by Gasteiger charge is 2.00. The molecule has 0 unspecified atom stereocenters. The number of halogens is 1. The second kappa shape index (κ2) is 2.28. The molecule has 1 aromatic carbocycles. The smallest absolute Gasteiger partial charge is 0.136 e. The van der Waals surface area contributed by atoms with Gasteiger partial charge in [-0.1, -0.05) is 11.6 Å². The maximum atomic E-state index is 5.84. The highest BCUT2D eigenvalue weighted by atomic mass is 35.5. The number of furan rings is 1. The molecule has 1 aromatic heterocycles. The van der Waals surface area contributed by atoms with Crippen LogP contribution in [-0.2, 0) is 0 Å². The van der Waals surface area contributed by atoms with Crippen LogP contribution >= 0.6 is 11.6 Å². The van der Waals surface area contributed by atoms with E-state index in [2.05, 4.69) is 0 Å². The Bertz CT molecular complexity index is 389. The van der Waals surface area contributed by atoms with Crippen LogP contribution in [0.4, 0.5) is 0 Å². The molecule has 0 fully saturated rings. The van der Waals surface area contributed by atoms with E-state index in [1.54, 1.807) is 6.26 Å². The fourth-order valence-corrected chi connectivity index (χ4v) is 1.50. The van der Waals surface area contributed by atoms with Crippen LogP contribution in [0.2, 0.25) is 5.02 Å². The molecule has 0 spiro atoms. The molecule has 0 aliphatic rings. The first kappa shape index (κ1) is 6.74. The van der Waals surface area contributed by atoms with Crippen LogP contribution in [0.3, 0.4) is 0 Å². The van der Waals surface area contributed by atoms with Gasteiger partial charge in [0.1, 0.15) is 5.58 Å². The van der Waals surface area contributed by atoms with Gasteiger partial charge in [0.15, 0.2) is 0 Å². The van der Waals surface area contributed by atoms with Gasteiger partial charge >= 0.3 is 0 Å². The first-order chi connectivity index (χ1) is 5.27. The van der Waals surface area contributed by atoms with Crippen molar-refractivity contribution in [1.29, 1.82) is 0 Å². The summed E-state index contributed by atoms with van der Waals surface area (Å²) in [6.45, 7) is 1.98. The predicted octanol–water partition coefficient (Wildman–Crippen LogP) is 3.39. The van der Waals surface area contributed by atoms with Gasteiger partial charge < -0.3 is 4.42 Å². The molecule has 1 nitrogen and oxygen atoms in total. The van der Waals surface area contributed by atoms with E-state index in [0.717, 1.165) is 21.6 Å². The van der Waals surface area contributed by atoms with Gasteiger partial charge in [-0.2, -0.15) is 0 Å². The van der Waals surface area contributed by atoms with Crippen LogP contribution < -0.4 is 0 Å². The lowest BCUT2D eigenvalue weighted by atomic mass is 10.2. The summed E-state index contributed by atoms with van der Waals surface area (Å²) in [6, 6.07) is 5.70. The fourth-order valence-electron chi connectivity index (χ4n) is 1.22. The van der Waals surface area contributed by atoms with Crippen molar-refractivity contribution in [2.75, 3.05) is 0 Å². The zero-order valence-electron chi connectivity index (χ0n) is 6.10. The summed E-state index contributed by atoms with van der Waals surface area (Å²) >= 11 is 5.84. The number of rotatable bonds is 0. The third-order valence-electron chi connectivity index (χ3n) is 1.70. The van der Waals surface area contributed by atoms with Gasteiger partial charge in [-0.3, -0.25) is 0 Å². The fraction of sp³-hybridized carbons (Fsp3) is 0.111. The molecule has 0 bridgehead atoms. The van der Waals surface area contributed by atoms with Gasteiger partial charge in [-0.25, -0.2) is 0 Å². The average molecular weight is 167 g/mol. The number of hydrogen-bond donors (Lipinski definition) is 0. The van der Waals surface area contributed by atoms with E-state index in [0.29, 0.717) is 0 Å². The highest BCUT2D eigenvalue weighted by Crippen LogP contribution is 2.23. The minimum absolute atomic E-state index is 0.761. The van der Waals surface area contributed by atoms with Crippen LogP contribution in [0, 0.1) is 6.92 Å². The highest BCUT2D eigenvalue weighted by molar-refractivity contribution is 6.31. The number of benzene rings is 1. The molecule has 0 radical (unpaired) electrons. The molecule has 1 heterocycles. The minimum Gasteiger partial charge on any atom is -0.464 e. The zero-order valence-corrected chi connectivity index (χ0v) is 6.85. The Labute approximate surface area is 69.6 Å².